The predicted octanol–water partition coefficient (Wildman–Crippen LogP) is 2.94. The molecule has 1 rings (SSSR count). The number of Topliss-reactive ketones (excluding diaryl/α,β-unsaturated/α-hetero) is 1. The van der Waals surface area contributed by atoms with E-state index in [1.54, 1.807) is 4.90 Å². The Morgan fingerprint density at radius 2 is 1.45 bits per heavy atom. The van der Waals surface area contributed by atoms with Crippen LogP contribution in [0.15, 0.2) is 18.2 Å². The first-order valence-corrected chi connectivity index (χ1v) is 7.48. The number of esters is 1. The van der Waals surface area contributed by atoms with Gasteiger partial charge in [0.25, 0.3) is 5.91 Å². The Hall–Kier alpha value is -2.17. The van der Waals surface area contributed by atoms with Crippen LogP contribution in [0.25, 0.3) is 0 Å². The van der Waals surface area contributed by atoms with Crippen LogP contribution in [0, 0.1) is 0 Å². The number of hydrogen-bond donors (Lipinski definition) is 0. The van der Waals surface area contributed by atoms with Crippen molar-refractivity contribution in [2.24, 2.45) is 0 Å². The van der Waals surface area contributed by atoms with Gasteiger partial charge in [-0.15, -0.1) is 0 Å². The minimum Gasteiger partial charge on any atom is -0.465 e. The van der Waals surface area contributed by atoms with Crippen LogP contribution in [0.1, 0.15) is 64.7 Å². The molecule has 0 aliphatic heterocycles. The molecular formula is C17H23NO4. The molecule has 120 valence electrons. The highest BCUT2D eigenvalue weighted by atomic mass is 16.5. The molecule has 0 aromatic heterocycles. The standard InChI is InChI=1S/C17H23NO4/c1-5-7-18(8-6-2)16(20)14-9-13(12(3)19)10-15(11-14)17(21)22-4/h9-11H,5-8H2,1-4H3. The summed E-state index contributed by atoms with van der Waals surface area (Å²) in [6.45, 7) is 6.69. The fourth-order valence-electron chi connectivity index (χ4n) is 2.23. The molecule has 0 unspecified atom stereocenters. The lowest BCUT2D eigenvalue weighted by atomic mass is 10.0. The van der Waals surface area contributed by atoms with E-state index in [2.05, 4.69) is 4.74 Å². The third-order valence-corrected chi connectivity index (χ3v) is 3.28. The summed E-state index contributed by atoms with van der Waals surface area (Å²) in [4.78, 5) is 37.7. The molecule has 0 aliphatic carbocycles. The van der Waals surface area contributed by atoms with E-state index in [0.29, 0.717) is 24.2 Å². The van der Waals surface area contributed by atoms with Crippen molar-refractivity contribution < 1.29 is 19.1 Å². The molecule has 0 bridgehead atoms. The molecule has 0 spiro atoms. The number of carbonyl (C=O) groups is 3. The lowest BCUT2D eigenvalue weighted by Crippen LogP contribution is -2.32. The van der Waals surface area contributed by atoms with E-state index in [-0.39, 0.29) is 17.3 Å². The molecule has 22 heavy (non-hydrogen) atoms. The largest absolute Gasteiger partial charge is 0.465 e. The molecule has 0 radical (unpaired) electrons. The smallest absolute Gasteiger partial charge is 0.337 e. The van der Waals surface area contributed by atoms with Gasteiger partial charge in [-0.05, 0) is 38.0 Å². The molecule has 0 fully saturated rings. The Balaban J connectivity index is 3.26. The first-order chi connectivity index (χ1) is 10.4. The third kappa shape index (κ3) is 4.41. The van der Waals surface area contributed by atoms with Gasteiger partial charge in [0.05, 0.1) is 12.7 Å². The van der Waals surface area contributed by atoms with Crippen LogP contribution >= 0.6 is 0 Å². The fraction of sp³-hybridized carbons (Fsp3) is 0.471. The second-order valence-electron chi connectivity index (χ2n) is 5.14. The zero-order chi connectivity index (χ0) is 16.7. The zero-order valence-corrected chi connectivity index (χ0v) is 13.6. The van der Waals surface area contributed by atoms with Crippen LogP contribution in [0.3, 0.4) is 0 Å². The summed E-state index contributed by atoms with van der Waals surface area (Å²) in [5, 5.41) is 0. The number of ether oxygens (including phenoxy) is 1. The summed E-state index contributed by atoms with van der Waals surface area (Å²) >= 11 is 0. The van der Waals surface area contributed by atoms with E-state index in [0.717, 1.165) is 12.8 Å². The van der Waals surface area contributed by atoms with Crippen LogP contribution < -0.4 is 0 Å². The van der Waals surface area contributed by atoms with Gasteiger partial charge in [-0.2, -0.15) is 0 Å². The van der Waals surface area contributed by atoms with Crippen molar-refractivity contribution in [3.63, 3.8) is 0 Å². The Bertz CT molecular complexity index is 560. The second-order valence-corrected chi connectivity index (χ2v) is 5.14. The third-order valence-electron chi connectivity index (χ3n) is 3.28. The van der Waals surface area contributed by atoms with Gasteiger partial charge >= 0.3 is 5.97 Å². The first-order valence-electron chi connectivity index (χ1n) is 7.48. The number of benzene rings is 1. The van der Waals surface area contributed by atoms with Crippen LogP contribution in [0.2, 0.25) is 0 Å². The molecule has 0 saturated heterocycles. The normalized spacial score (nSPS) is 10.2. The number of amides is 1. The quantitative estimate of drug-likeness (QED) is 0.574. The topological polar surface area (TPSA) is 63.7 Å². The molecule has 0 N–H and O–H groups in total. The highest BCUT2D eigenvalue weighted by Crippen LogP contribution is 2.15. The minimum atomic E-state index is -0.560. The summed E-state index contributed by atoms with van der Waals surface area (Å²) in [5.41, 5.74) is 0.890. The Kier molecular flexibility index (Phi) is 6.76. The first kappa shape index (κ1) is 17.9. The summed E-state index contributed by atoms with van der Waals surface area (Å²) < 4.78 is 4.69. The van der Waals surface area contributed by atoms with Crippen molar-refractivity contribution >= 4 is 17.7 Å². The van der Waals surface area contributed by atoms with Crippen LogP contribution in [-0.4, -0.2) is 42.8 Å². The van der Waals surface area contributed by atoms with Crippen LogP contribution in [0.5, 0.6) is 0 Å². The highest BCUT2D eigenvalue weighted by molar-refractivity contribution is 6.03. The van der Waals surface area contributed by atoms with Crippen molar-refractivity contribution in [1.29, 1.82) is 0 Å². The molecule has 0 heterocycles. The Labute approximate surface area is 131 Å². The van der Waals surface area contributed by atoms with Gasteiger partial charge in [0.2, 0.25) is 0 Å². The predicted molar refractivity (Wildman–Crippen MR) is 84.3 cm³/mol. The van der Waals surface area contributed by atoms with Gasteiger partial charge in [0, 0.05) is 24.2 Å². The van der Waals surface area contributed by atoms with Gasteiger partial charge < -0.3 is 9.64 Å². The zero-order valence-electron chi connectivity index (χ0n) is 13.6. The maximum Gasteiger partial charge on any atom is 0.337 e. The summed E-state index contributed by atoms with van der Waals surface area (Å²) in [7, 11) is 1.27. The molecule has 0 saturated carbocycles. The van der Waals surface area contributed by atoms with Crippen molar-refractivity contribution in [3.05, 3.63) is 34.9 Å². The molecule has 5 nitrogen and oxygen atoms in total. The Morgan fingerprint density at radius 3 is 1.91 bits per heavy atom. The number of carbonyl (C=O) groups excluding carboxylic acids is 3. The SMILES string of the molecule is CCCN(CCC)C(=O)c1cc(C(C)=O)cc(C(=O)OC)c1. The van der Waals surface area contributed by atoms with E-state index in [1.807, 2.05) is 13.8 Å². The molecule has 1 amide bonds. The summed E-state index contributed by atoms with van der Waals surface area (Å²) in [5.74, 6) is -0.927. The van der Waals surface area contributed by atoms with Crippen LogP contribution in [0.4, 0.5) is 0 Å². The lowest BCUT2D eigenvalue weighted by Gasteiger charge is -2.22. The number of rotatable bonds is 7. The maximum absolute atomic E-state index is 12.6. The van der Waals surface area contributed by atoms with Gasteiger partial charge in [-0.25, -0.2) is 4.79 Å². The van der Waals surface area contributed by atoms with E-state index in [9.17, 15) is 14.4 Å². The van der Waals surface area contributed by atoms with Crippen LogP contribution in [-0.2, 0) is 4.74 Å². The number of hydrogen-bond acceptors (Lipinski definition) is 4. The Morgan fingerprint density at radius 1 is 0.955 bits per heavy atom. The molecule has 1 aromatic rings. The molecule has 1 aromatic carbocycles. The van der Waals surface area contributed by atoms with E-state index < -0.39 is 5.97 Å². The second kappa shape index (κ2) is 8.32. The van der Waals surface area contributed by atoms with Gasteiger partial charge in [-0.1, -0.05) is 13.8 Å². The summed E-state index contributed by atoms with van der Waals surface area (Å²) in [6, 6.07) is 4.48. The fourth-order valence-corrected chi connectivity index (χ4v) is 2.23. The number of methoxy groups -OCH3 is 1. The molecule has 0 aliphatic rings. The van der Waals surface area contributed by atoms with E-state index in [4.69, 9.17) is 0 Å². The van der Waals surface area contributed by atoms with Gasteiger partial charge in [0.15, 0.2) is 5.78 Å². The maximum atomic E-state index is 12.6. The average Bonchev–Trinajstić information content (AvgIpc) is 2.52. The van der Waals surface area contributed by atoms with E-state index >= 15 is 0 Å². The van der Waals surface area contributed by atoms with Crippen molar-refractivity contribution in [2.45, 2.75) is 33.6 Å². The minimum absolute atomic E-state index is 0.169. The molecular weight excluding hydrogens is 282 g/mol. The van der Waals surface area contributed by atoms with Gasteiger partial charge in [-0.3, -0.25) is 9.59 Å². The van der Waals surface area contributed by atoms with E-state index in [1.165, 1.54) is 32.2 Å². The lowest BCUT2D eigenvalue weighted by molar-refractivity contribution is 0.0600. The van der Waals surface area contributed by atoms with Crippen molar-refractivity contribution in [1.82, 2.24) is 4.90 Å². The molecule has 5 heteroatoms. The highest BCUT2D eigenvalue weighted by Gasteiger charge is 2.19. The monoisotopic (exact) mass is 305 g/mol. The molecule has 0 atom stereocenters. The van der Waals surface area contributed by atoms with Gasteiger partial charge in [0.1, 0.15) is 0 Å². The number of ketones is 1. The summed E-state index contributed by atoms with van der Waals surface area (Å²) in [6.07, 6.45) is 1.70. The van der Waals surface area contributed by atoms with Crippen molar-refractivity contribution in [3.8, 4) is 0 Å². The van der Waals surface area contributed by atoms with Crippen molar-refractivity contribution in [2.75, 3.05) is 20.2 Å². The number of nitrogens with zero attached hydrogens (tertiary/aromatic N) is 1. The average molecular weight is 305 g/mol.